The molecule has 1 aliphatic rings. The predicted octanol–water partition coefficient (Wildman–Crippen LogP) is 4.37. The van der Waals surface area contributed by atoms with Gasteiger partial charge in [-0.05, 0) is 48.7 Å². The zero-order chi connectivity index (χ0) is 18.1. The molecule has 4 rings (SSSR count). The van der Waals surface area contributed by atoms with Crippen LogP contribution < -0.4 is 11.1 Å². The second-order valence-corrected chi connectivity index (χ2v) is 8.28. The summed E-state index contributed by atoms with van der Waals surface area (Å²) in [5.41, 5.74) is 2.34. The predicted molar refractivity (Wildman–Crippen MR) is 107 cm³/mol. The summed E-state index contributed by atoms with van der Waals surface area (Å²) in [5.74, 6) is -0.358. The lowest BCUT2D eigenvalue weighted by Gasteiger charge is -2.39. The van der Waals surface area contributed by atoms with Crippen LogP contribution in [0.15, 0.2) is 60.6 Å². The van der Waals surface area contributed by atoms with Crippen molar-refractivity contribution in [2.45, 2.75) is 25.0 Å². The second kappa shape index (κ2) is 7.31. The summed E-state index contributed by atoms with van der Waals surface area (Å²) in [6.45, 7) is 1.76. The highest BCUT2D eigenvalue weighted by molar-refractivity contribution is 9.10. The largest absolute Gasteiger partial charge is 0.421 e. The fourth-order valence-corrected chi connectivity index (χ4v) is 4.08. The number of rotatable bonds is 4. The Morgan fingerprint density at radius 2 is 1.73 bits per heavy atom. The first-order valence-electron chi connectivity index (χ1n) is 8.45. The van der Waals surface area contributed by atoms with Gasteiger partial charge >= 0.3 is 5.76 Å². The highest BCUT2D eigenvalue weighted by Gasteiger charge is 2.34. The van der Waals surface area contributed by atoms with E-state index < -0.39 is 0 Å². The highest BCUT2D eigenvalue weighted by atomic mass is 79.9. The number of nitrogens with one attached hydrogen (secondary N) is 1. The Labute approximate surface area is 167 Å². The van der Waals surface area contributed by atoms with Gasteiger partial charge in [0.2, 0.25) is 0 Å². The molecule has 0 unspecified atom stereocenters. The monoisotopic (exact) mass is 480 g/mol. The van der Waals surface area contributed by atoms with Crippen LogP contribution in [0.5, 0.6) is 0 Å². The molecule has 0 atom stereocenters. The Morgan fingerprint density at radius 3 is 2.46 bits per heavy atom. The van der Waals surface area contributed by atoms with E-state index in [1.807, 2.05) is 30.3 Å². The molecule has 26 heavy (non-hydrogen) atoms. The molecule has 0 aliphatic carbocycles. The normalized spacial score (nSPS) is 16.8. The van der Waals surface area contributed by atoms with Gasteiger partial charge in [-0.25, -0.2) is 4.79 Å². The molecule has 1 fully saturated rings. The summed E-state index contributed by atoms with van der Waals surface area (Å²) in [4.78, 5) is 12.3. The van der Waals surface area contributed by atoms with Crippen LogP contribution in [0.3, 0.4) is 0 Å². The summed E-state index contributed by atoms with van der Waals surface area (Å²) >= 11 is 6.90. The smallest absolute Gasteiger partial charge is 0.408 e. The molecule has 1 aromatic heterocycles. The summed E-state index contributed by atoms with van der Waals surface area (Å²) < 4.78 is 14.5. The number of fused-ring (bicyclic) bond motifs is 1. The van der Waals surface area contributed by atoms with Gasteiger partial charge < -0.3 is 9.15 Å². The number of benzene rings is 2. The van der Waals surface area contributed by atoms with Crippen LogP contribution in [0.1, 0.15) is 18.4 Å². The fourth-order valence-electron chi connectivity index (χ4n) is 3.48. The van der Waals surface area contributed by atoms with Gasteiger partial charge in [0.15, 0.2) is 5.58 Å². The SMILES string of the molecule is O=c1oc2cc(Br)ccc2n1CNC1(c2ccc(Br)cc2)CCOCC1. The lowest BCUT2D eigenvalue weighted by atomic mass is 9.83. The van der Waals surface area contributed by atoms with Crippen molar-refractivity contribution in [3.05, 3.63) is 67.5 Å². The topological polar surface area (TPSA) is 56.4 Å². The summed E-state index contributed by atoms with van der Waals surface area (Å²) in [6.07, 6.45) is 1.70. The minimum atomic E-state index is -0.358. The Hall–Kier alpha value is -1.41. The number of ether oxygens (including phenoxy) is 1. The maximum absolute atomic E-state index is 12.3. The molecule has 1 N–H and O–H groups in total. The molecule has 1 saturated heterocycles. The molecule has 0 radical (unpaired) electrons. The number of nitrogens with zero attached hydrogens (tertiary/aromatic N) is 1. The quantitative estimate of drug-likeness (QED) is 0.601. The Balaban J connectivity index is 1.66. The minimum Gasteiger partial charge on any atom is -0.408 e. The average Bonchev–Trinajstić information content (AvgIpc) is 2.95. The van der Waals surface area contributed by atoms with Gasteiger partial charge in [0.25, 0.3) is 0 Å². The van der Waals surface area contributed by atoms with Gasteiger partial charge in [0.05, 0.1) is 12.2 Å². The van der Waals surface area contributed by atoms with Crippen molar-refractivity contribution in [1.82, 2.24) is 9.88 Å². The zero-order valence-electron chi connectivity index (χ0n) is 14.0. The van der Waals surface area contributed by atoms with Gasteiger partial charge in [-0.3, -0.25) is 9.88 Å². The Morgan fingerprint density at radius 1 is 1.04 bits per heavy atom. The van der Waals surface area contributed by atoms with E-state index in [9.17, 15) is 4.79 Å². The number of hydrogen-bond donors (Lipinski definition) is 1. The van der Waals surface area contributed by atoms with Crippen molar-refractivity contribution < 1.29 is 9.15 Å². The summed E-state index contributed by atoms with van der Waals surface area (Å²) in [5, 5.41) is 3.62. The van der Waals surface area contributed by atoms with Crippen molar-refractivity contribution in [3.8, 4) is 0 Å². The van der Waals surface area contributed by atoms with E-state index in [1.54, 1.807) is 4.57 Å². The maximum atomic E-state index is 12.3. The van der Waals surface area contributed by atoms with Gasteiger partial charge in [0, 0.05) is 27.7 Å². The van der Waals surface area contributed by atoms with Crippen LogP contribution in [0.2, 0.25) is 0 Å². The van der Waals surface area contributed by atoms with Gasteiger partial charge in [-0.2, -0.15) is 0 Å². The molecule has 3 aromatic rings. The Bertz CT molecular complexity index is 973. The third-order valence-electron chi connectivity index (χ3n) is 4.95. The summed E-state index contributed by atoms with van der Waals surface area (Å²) in [6, 6.07) is 13.9. The van der Waals surface area contributed by atoms with Crippen LogP contribution in [-0.2, 0) is 16.9 Å². The van der Waals surface area contributed by atoms with E-state index in [2.05, 4.69) is 49.3 Å². The lowest BCUT2D eigenvalue weighted by Crippen LogP contribution is -2.48. The number of oxazole rings is 1. The van der Waals surface area contributed by atoms with Crippen LogP contribution in [0.4, 0.5) is 0 Å². The maximum Gasteiger partial charge on any atom is 0.421 e. The number of hydrogen-bond acceptors (Lipinski definition) is 4. The minimum absolute atomic E-state index is 0.225. The highest BCUT2D eigenvalue weighted by Crippen LogP contribution is 2.33. The van der Waals surface area contributed by atoms with Gasteiger partial charge in [-0.1, -0.05) is 44.0 Å². The van der Waals surface area contributed by atoms with Crippen LogP contribution in [0, 0.1) is 0 Å². The number of aromatic nitrogens is 1. The zero-order valence-corrected chi connectivity index (χ0v) is 17.2. The standard InChI is InChI=1S/C19H18Br2N2O3/c20-14-3-1-13(2-4-14)19(7-9-25-10-8-19)22-12-23-16-6-5-15(21)11-17(16)26-18(23)24/h1-6,11,22H,7-10,12H2. The van der Waals surface area contributed by atoms with E-state index in [0.717, 1.165) is 27.3 Å². The second-order valence-electron chi connectivity index (χ2n) is 6.44. The first-order chi connectivity index (χ1) is 12.6. The van der Waals surface area contributed by atoms with E-state index >= 15 is 0 Å². The van der Waals surface area contributed by atoms with Crippen molar-refractivity contribution in [2.24, 2.45) is 0 Å². The molecular formula is C19H18Br2N2O3. The van der Waals surface area contributed by atoms with E-state index in [4.69, 9.17) is 9.15 Å². The third-order valence-corrected chi connectivity index (χ3v) is 5.97. The molecule has 7 heteroatoms. The molecule has 0 spiro atoms. The molecular weight excluding hydrogens is 464 g/mol. The van der Waals surface area contributed by atoms with Crippen LogP contribution in [0.25, 0.3) is 11.1 Å². The molecule has 2 heterocycles. The lowest BCUT2D eigenvalue weighted by molar-refractivity contribution is 0.0329. The van der Waals surface area contributed by atoms with Gasteiger partial charge in [0.1, 0.15) is 0 Å². The molecule has 0 saturated carbocycles. The molecule has 2 aromatic carbocycles. The molecule has 136 valence electrons. The van der Waals surface area contributed by atoms with E-state index in [0.29, 0.717) is 25.5 Å². The molecule has 5 nitrogen and oxygen atoms in total. The number of halogens is 2. The van der Waals surface area contributed by atoms with E-state index in [-0.39, 0.29) is 11.3 Å². The fraction of sp³-hybridized carbons (Fsp3) is 0.316. The van der Waals surface area contributed by atoms with Gasteiger partial charge in [-0.15, -0.1) is 0 Å². The first kappa shape index (κ1) is 18.0. The molecule has 0 amide bonds. The Kier molecular flexibility index (Phi) is 5.05. The summed E-state index contributed by atoms with van der Waals surface area (Å²) in [7, 11) is 0. The van der Waals surface area contributed by atoms with Crippen molar-refractivity contribution in [3.63, 3.8) is 0 Å². The van der Waals surface area contributed by atoms with E-state index in [1.165, 1.54) is 5.56 Å². The average molecular weight is 482 g/mol. The van der Waals surface area contributed by atoms with Crippen LogP contribution >= 0.6 is 31.9 Å². The molecule has 1 aliphatic heterocycles. The van der Waals surface area contributed by atoms with Crippen molar-refractivity contribution in [2.75, 3.05) is 13.2 Å². The van der Waals surface area contributed by atoms with Crippen LogP contribution in [-0.4, -0.2) is 17.8 Å². The first-order valence-corrected chi connectivity index (χ1v) is 10.0. The van der Waals surface area contributed by atoms with Crippen molar-refractivity contribution >= 4 is 43.0 Å². The third kappa shape index (κ3) is 3.41. The molecule has 0 bridgehead atoms. The van der Waals surface area contributed by atoms with Crippen molar-refractivity contribution in [1.29, 1.82) is 0 Å².